The van der Waals surface area contributed by atoms with E-state index in [1.165, 1.54) is 19.4 Å². The number of rotatable bonds is 12. The Balaban J connectivity index is 3.06. The Labute approximate surface area is 178 Å². The lowest BCUT2D eigenvalue weighted by Gasteiger charge is -2.25. The van der Waals surface area contributed by atoms with Gasteiger partial charge in [0, 0.05) is 18.3 Å². The molecule has 4 atom stereocenters. The van der Waals surface area contributed by atoms with Gasteiger partial charge in [-0.25, -0.2) is 9.78 Å². The molecule has 0 bridgehead atoms. The number of amides is 4. The molecule has 0 saturated carbocycles. The van der Waals surface area contributed by atoms with Crippen LogP contribution in [0.25, 0.3) is 0 Å². The molecule has 0 spiro atoms. The number of carboxylic acid groups (broad SMARTS) is 1. The molecule has 13 nitrogen and oxygen atoms in total. The van der Waals surface area contributed by atoms with E-state index in [-0.39, 0.29) is 6.42 Å². The van der Waals surface area contributed by atoms with Crippen LogP contribution in [0, 0.1) is 5.92 Å². The van der Waals surface area contributed by atoms with Gasteiger partial charge in [0.2, 0.25) is 23.6 Å². The molecule has 0 aliphatic rings. The minimum Gasteiger partial charge on any atom is -0.480 e. The monoisotopic (exact) mass is 439 g/mol. The largest absolute Gasteiger partial charge is 0.480 e. The highest BCUT2D eigenvalue weighted by atomic mass is 16.4. The number of H-pyrrole nitrogens is 1. The molecule has 0 saturated heterocycles. The topological polar surface area (TPSA) is 222 Å². The van der Waals surface area contributed by atoms with Gasteiger partial charge in [-0.05, 0) is 12.8 Å². The summed E-state index contributed by atoms with van der Waals surface area (Å²) in [4.78, 5) is 66.8. The minimum absolute atomic E-state index is 0.0491. The van der Waals surface area contributed by atoms with Crippen LogP contribution >= 0.6 is 0 Å². The second-order valence-corrected chi connectivity index (χ2v) is 7.43. The standard InChI is InChI=1S/C18H29N7O6/c1-8(2)14(18(30)31)25-17(29)11(4-10-6-21-7-22-10)24-16(28)12(5-13(20)26)23-15(27)9(3)19/h6-9,11-12,14H,4-5,19H2,1-3H3,(H2,20,26)(H,21,22)(H,23,27)(H,24,28)(H,25,29)(H,30,31). The van der Waals surface area contributed by atoms with Crippen molar-refractivity contribution in [3.8, 4) is 0 Å². The first-order valence-corrected chi connectivity index (χ1v) is 9.57. The van der Waals surface area contributed by atoms with Gasteiger partial charge in [-0.15, -0.1) is 0 Å². The van der Waals surface area contributed by atoms with Crippen LogP contribution in [-0.4, -0.2) is 68.8 Å². The number of imidazole rings is 1. The van der Waals surface area contributed by atoms with Crippen molar-refractivity contribution in [2.24, 2.45) is 17.4 Å². The van der Waals surface area contributed by atoms with Crippen molar-refractivity contribution in [3.05, 3.63) is 18.2 Å². The predicted molar refractivity (Wildman–Crippen MR) is 108 cm³/mol. The highest BCUT2D eigenvalue weighted by Gasteiger charge is 2.32. The third-order valence-corrected chi connectivity index (χ3v) is 4.29. The Hall–Kier alpha value is -3.48. The van der Waals surface area contributed by atoms with Gasteiger partial charge in [-0.3, -0.25) is 19.2 Å². The molecule has 4 amide bonds. The fourth-order valence-corrected chi connectivity index (χ4v) is 2.58. The Morgan fingerprint density at radius 3 is 2.06 bits per heavy atom. The molecular weight excluding hydrogens is 410 g/mol. The third-order valence-electron chi connectivity index (χ3n) is 4.29. The molecule has 0 aliphatic carbocycles. The number of aromatic nitrogens is 2. The number of nitrogens with zero attached hydrogens (tertiary/aromatic N) is 1. The maximum absolute atomic E-state index is 12.8. The first kappa shape index (κ1) is 25.6. The summed E-state index contributed by atoms with van der Waals surface area (Å²) in [6.07, 6.45) is 2.24. The van der Waals surface area contributed by atoms with Crippen LogP contribution in [0.15, 0.2) is 12.5 Å². The van der Waals surface area contributed by atoms with Crippen LogP contribution in [0.2, 0.25) is 0 Å². The normalized spacial score (nSPS) is 14.7. The number of nitrogens with two attached hydrogens (primary N) is 2. The van der Waals surface area contributed by atoms with Crippen LogP contribution in [0.4, 0.5) is 0 Å². The number of carbonyl (C=O) groups is 5. The second-order valence-electron chi connectivity index (χ2n) is 7.43. The summed E-state index contributed by atoms with van der Waals surface area (Å²) in [7, 11) is 0. The molecule has 0 fully saturated rings. The number of carboxylic acids is 1. The van der Waals surface area contributed by atoms with E-state index in [1.807, 2.05) is 0 Å². The second kappa shape index (κ2) is 11.6. The Kier molecular flexibility index (Phi) is 9.60. The summed E-state index contributed by atoms with van der Waals surface area (Å²) in [5.74, 6) is -4.82. The summed E-state index contributed by atoms with van der Waals surface area (Å²) in [5, 5.41) is 16.4. The number of hydrogen-bond acceptors (Lipinski definition) is 7. The van der Waals surface area contributed by atoms with Crippen LogP contribution in [-0.2, 0) is 30.4 Å². The Bertz CT molecular complexity index is 793. The van der Waals surface area contributed by atoms with Crippen molar-refractivity contribution in [1.29, 1.82) is 0 Å². The lowest BCUT2D eigenvalue weighted by atomic mass is 10.0. The zero-order valence-corrected chi connectivity index (χ0v) is 17.5. The van der Waals surface area contributed by atoms with Crippen LogP contribution in [0.1, 0.15) is 32.9 Å². The van der Waals surface area contributed by atoms with Crippen LogP contribution in [0.5, 0.6) is 0 Å². The molecule has 172 valence electrons. The van der Waals surface area contributed by atoms with Gasteiger partial charge >= 0.3 is 5.97 Å². The van der Waals surface area contributed by atoms with Crippen LogP contribution < -0.4 is 27.4 Å². The van der Waals surface area contributed by atoms with E-state index < -0.39 is 66.1 Å². The number of nitrogens with one attached hydrogen (secondary N) is 4. The molecule has 13 heteroatoms. The average Bonchev–Trinajstić information content (AvgIpc) is 3.16. The van der Waals surface area contributed by atoms with Crippen molar-refractivity contribution in [3.63, 3.8) is 0 Å². The smallest absolute Gasteiger partial charge is 0.326 e. The Morgan fingerprint density at radius 1 is 1.03 bits per heavy atom. The van der Waals surface area contributed by atoms with Gasteiger partial charge in [-0.1, -0.05) is 13.8 Å². The lowest BCUT2D eigenvalue weighted by Crippen LogP contribution is -2.58. The van der Waals surface area contributed by atoms with Crippen molar-refractivity contribution < 1.29 is 29.1 Å². The van der Waals surface area contributed by atoms with E-state index in [0.29, 0.717) is 5.69 Å². The highest BCUT2D eigenvalue weighted by molar-refractivity contribution is 5.96. The van der Waals surface area contributed by atoms with E-state index in [4.69, 9.17) is 11.5 Å². The molecule has 1 heterocycles. The van der Waals surface area contributed by atoms with E-state index in [2.05, 4.69) is 25.9 Å². The number of aromatic amines is 1. The molecular formula is C18H29N7O6. The van der Waals surface area contributed by atoms with E-state index >= 15 is 0 Å². The van der Waals surface area contributed by atoms with E-state index in [0.717, 1.165) is 0 Å². The summed E-state index contributed by atoms with van der Waals surface area (Å²) in [6, 6.07) is -4.73. The van der Waals surface area contributed by atoms with Gasteiger partial charge in [-0.2, -0.15) is 0 Å². The molecule has 0 radical (unpaired) electrons. The molecule has 4 unspecified atom stereocenters. The molecule has 31 heavy (non-hydrogen) atoms. The molecule has 0 aromatic carbocycles. The first-order valence-electron chi connectivity index (χ1n) is 9.57. The van der Waals surface area contributed by atoms with E-state index in [1.54, 1.807) is 13.8 Å². The third kappa shape index (κ3) is 8.42. The molecule has 1 aromatic rings. The SMILES string of the molecule is CC(N)C(=O)NC(CC(N)=O)C(=O)NC(Cc1cnc[nH]1)C(=O)NC(C(=O)O)C(C)C. The molecule has 9 N–H and O–H groups in total. The van der Waals surface area contributed by atoms with Crippen LogP contribution in [0.3, 0.4) is 0 Å². The summed E-state index contributed by atoms with van der Waals surface area (Å²) in [5.41, 5.74) is 11.1. The number of carbonyl (C=O) groups excluding carboxylic acids is 4. The van der Waals surface area contributed by atoms with Gasteiger partial charge < -0.3 is 37.5 Å². The number of hydrogen-bond donors (Lipinski definition) is 7. The summed E-state index contributed by atoms with van der Waals surface area (Å²) in [6.45, 7) is 4.63. The molecule has 1 aromatic heterocycles. The van der Waals surface area contributed by atoms with Gasteiger partial charge in [0.15, 0.2) is 0 Å². The molecule has 1 rings (SSSR count). The highest BCUT2D eigenvalue weighted by Crippen LogP contribution is 2.06. The maximum atomic E-state index is 12.8. The minimum atomic E-state index is -1.37. The summed E-state index contributed by atoms with van der Waals surface area (Å²) >= 11 is 0. The lowest BCUT2D eigenvalue weighted by molar-refractivity contribution is -0.143. The average molecular weight is 439 g/mol. The fraction of sp³-hybridized carbons (Fsp3) is 0.556. The van der Waals surface area contributed by atoms with Crippen molar-refractivity contribution >= 4 is 29.6 Å². The van der Waals surface area contributed by atoms with Crippen molar-refractivity contribution in [2.45, 2.75) is 57.8 Å². The number of primary amides is 1. The zero-order chi connectivity index (χ0) is 23.7. The maximum Gasteiger partial charge on any atom is 0.326 e. The molecule has 0 aliphatic heterocycles. The summed E-state index contributed by atoms with van der Waals surface area (Å²) < 4.78 is 0. The quantitative estimate of drug-likeness (QED) is 0.182. The zero-order valence-electron chi connectivity index (χ0n) is 17.5. The van der Waals surface area contributed by atoms with Crippen molar-refractivity contribution in [1.82, 2.24) is 25.9 Å². The van der Waals surface area contributed by atoms with Gasteiger partial charge in [0.05, 0.1) is 18.8 Å². The first-order chi connectivity index (χ1) is 14.4. The number of aliphatic carboxylic acids is 1. The van der Waals surface area contributed by atoms with E-state index in [9.17, 15) is 29.1 Å². The fourth-order valence-electron chi connectivity index (χ4n) is 2.58. The van der Waals surface area contributed by atoms with Gasteiger partial charge in [0.1, 0.15) is 18.1 Å². The van der Waals surface area contributed by atoms with Crippen molar-refractivity contribution in [2.75, 3.05) is 0 Å². The Morgan fingerprint density at radius 2 is 1.61 bits per heavy atom. The van der Waals surface area contributed by atoms with Gasteiger partial charge in [0.25, 0.3) is 0 Å². The predicted octanol–water partition coefficient (Wildman–Crippen LogP) is -2.63.